The van der Waals surface area contributed by atoms with Crippen molar-refractivity contribution in [3.8, 4) is 0 Å². The summed E-state index contributed by atoms with van der Waals surface area (Å²) in [5.41, 5.74) is 0.259. The Bertz CT molecular complexity index is 377. The normalized spacial score (nSPS) is 12.3. The number of nitrogens with zero attached hydrogens (tertiary/aromatic N) is 1. The Hall–Kier alpha value is -0.940. The smallest absolute Gasteiger partial charge is 0.254 e. The lowest BCUT2D eigenvalue weighted by Crippen LogP contribution is -2.37. The van der Waals surface area contributed by atoms with Crippen LogP contribution in [0.5, 0.6) is 0 Å². The van der Waals surface area contributed by atoms with Gasteiger partial charge in [-0.25, -0.2) is 4.39 Å². The van der Waals surface area contributed by atoms with Crippen LogP contribution in [0.25, 0.3) is 0 Å². The molecule has 0 heterocycles. The minimum Gasteiger partial charge on any atom is -0.394 e. The molecule has 1 aromatic rings. The molecule has 0 fully saturated rings. The van der Waals surface area contributed by atoms with E-state index in [4.69, 9.17) is 5.11 Å². The van der Waals surface area contributed by atoms with Crippen molar-refractivity contribution in [2.45, 2.75) is 13.0 Å². The van der Waals surface area contributed by atoms with E-state index in [2.05, 4.69) is 15.9 Å². The molecule has 0 bridgehead atoms. The fraction of sp³-hybridized carbons (Fsp3) is 0.364. The number of carbonyl (C=O) groups excluding carboxylic acids is 1. The van der Waals surface area contributed by atoms with Crippen LogP contribution in [0.2, 0.25) is 0 Å². The van der Waals surface area contributed by atoms with Crippen molar-refractivity contribution in [3.05, 3.63) is 34.1 Å². The van der Waals surface area contributed by atoms with Crippen molar-refractivity contribution in [2.24, 2.45) is 0 Å². The van der Waals surface area contributed by atoms with Gasteiger partial charge in [-0.2, -0.15) is 0 Å². The van der Waals surface area contributed by atoms with Gasteiger partial charge in [0.05, 0.1) is 12.6 Å². The number of likely N-dealkylation sites (N-methyl/N-ethyl adjacent to an activating group) is 1. The second kappa shape index (κ2) is 5.41. The molecular formula is C11H13BrFNO2. The molecule has 0 aliphatic rings. The van der Waals surface area contributed by atoms with Gasteiger partial charge in [-0.15, -0.1) is 0 Å². The van der Waals surface area contributed by atoms with Gasteiger partial charge in [0.15, 0.2) is 0 Å². The largest absolute Gasteiger partial charge is 0.394 e. The molecule has 0 spiro atoms. The lowest BCUT2D eigenvalue weighted by Gasteiger charge is -2.23. The van der Waals surface area contributed by atoms with Crippen LogP contribution in [0.1, 0.15) is 17.3 Å². The Labute approximate surface area is 102 Å². The van der Waals surface area contributed by atoms with Crippen LogP contribution >= 0.6 is 15.9 Å². The van der Waals surface area contributed by atoms with Crippen LogP contribution in [-0.2, 0) is 0 Å². The Morgan fingerprint density at radius 1 is 1.56 bits per heavy atom. The quantitative estimate of drug-likeness (QED) is 0.925. The highest BCUT2D eigenvalue weighted by molar-refractivity contribution is 9.10. The Balaban J connectivity index is 2.96. The van der Waals surface area contributed by atoms with E-state index in [1.165, 1.54) is 17.0 Å². The van der Waals surface area contributed by atoms with Crippen LogP contribution in [0.4, 0.5) is 4.39 Å². The van der Waals surface area contributed by atoms with Gasteiger partial charge in [0.25, 0.3) is 5.91 Å². The maximum Gasteiger partial charge on any atom is 0.254 e. The van der Waals surface area contributed by atoms with E-state index in [0.717, 1.165) is 0 Å². The molecule has 0 aliphatic carbocycles. The Kier molecular flexibility index (Phi) is 4.44. The molecule has 1 unspecified atom stereocenters. The van der Waals surface area contributed by atoms with E-state index in [0.29, 0.717) is 4.47 Å². The SMILES string of the molecule is CC(CO)N(C)C(=O)c1cc(F)cc(Br)c1. The van der Waals surface area contributed by atoms with Crippen molar-refractivity contribution >= 4 is 21.8 Å². The second-order valence-electron chi connectivity index (χ2n) is 3.61. The van der Waals surface area contributed by atoms with Crippen LogP contribution in [0.3, 0.4) is 0 Å². The predicted octanol–water partition coefficient (Wildman–Crippen LogP) is 2.04. The standard InChI is InChI=1S/C11H13BrFNO2/c1-7(6-15)14(2)11(16)8-3-9(12)5-10(13)4-8/h3-5,7,15H,6H2,1-2H3. The molecule has 0 aromatic heterocycles. The predicted molar refractivity (Wildman–Crippen MR) is 62.7 cm³/mol. The minimum atomic E-state index is -0.470. The highest BCUT2D eigenvalue weighted by Crippen LogP contribution is 2.16. The van der Waals surface area contributed by atoms with Crippen molar-refractivity contribution in [1.82, 2.24) is 4.90 Å². The zero-order valence-electron chi connectivity index (χ0n) is 9.08. The number of halogens is 2. The number of amides is 1. The summed E-state index contributed by atoms with van der Waals surface area (Å²) in [7, 11) is 1.57. The average molecular weight is 290 g/mol. The van der Waals surface area contributed by atoms with Gasteiger partial charge < -0.3 is 10.0 Å². The third-order valence-corrected chi connectivity index (χ3v) is 2.81. The second-order valence-corrected chi connectivity index (χ2v) is 4.52. The highest BCUT2D eigenvalue weighted by atomic mass is 79.9. The lowest BCUT2D eigenvalue weighted by atomic mass is 10.2. The molecule has 88 valence electrons. The highest BCUT2D eigenvalue weighted by Gasteiger charge is 2.17. The van der Waals surface area contributed by atoms with Gasteiger partial charge in [-0.3, -0.25) is 4.79 Å². The maximum absolute atomic E-state index is 13.1. The van der Waals surface area contributed by atoms with Crippen molar-refractivity contribution in [3.63, 3.8) is 0 Å². The number of carbonyl (C=O) groups is 1. The number of aliphatic hydroxyl groups excluding tert-OH is 1. The summed E-state index contributed by atoms with van der Waals surface area (Å²) in [6, 6.07) is 3.71. The topological polar surface area (TPSA) is 40.5 Å². The van der Waals surface area contributed by atoms with Crippen LogP contribution in [0.15, 0.2) is 22.7 Å². The van der Waals surface area contributed by atoms with E-state index in [9.17, 15) is 9.18 Å². The summed E-state index contributed by atoms with van der Waals surface area (Å²) in [5, 5.41) is 8.93. The Morgan fingerprint density at radius 3 is 2.69 bits per heavy atom. The number of hydrogen-bond acceptors (Lipinski definition) is 2. The van der Waals surface area contributed by atoms with E-state index in [1.807, 2.05) is 0 Å². The summed E-state index contributed by atoms with van der Waals surface area (Å²) >= 11 is 3.12. The van der Waals surface area contributed by atoms with Gasteiger partial charge in [-0.1, -0.05) is 15.9 Å². The molecule has 0 aliphatic heterocycles. The molecule has 1 N–H and O–H groups in total. The van der Waals surface area contributed by atoms with Gasteiger partial charge in [0.2, 0.25) is 0 Å². The maximum atomic E-state index is 13.1. The van der Waals surface area contributed by atoms with Crippen LogP contribution in [-0.4, -0.2) is 35.6 Å². The third-order valence-electron chi connectivity index (χ3n) is 2.36. The monoisotopic (exact) mass is 289 g/mol. The number of rotatable bonds is 3. The summed E-state index contributed by atoms with van der Waals surface area (Å²) in [4.78, 5) is 13.3. The summed E-state index contributed by atoms with van der Waals surface area (Å²) in [6.07, 6.45) is 0. The van der Waals surface area contributed by atoms with Crippen molar-refractivity contribution in [1.29, 1.82) is 0 Å². The van der Waals surface area contributed by atoms with Gasteiger partial charge in [0.1, 0.15) is 5.82 Å². The number of benzene rings is 1. The summed E-state index contributed by atoms with van der Waals surface area (Å²) < 4.78 is 13.6. The van der Waals surface area contributed by atoms with E-state index in [-0.39, 0.29) is 24.1 Å². The van der Waals surface area contributed by atoms with Crippen molar-refractivity contribution < 1.29 is 14.3 Å². The molecule has 1 aromatic carbocycles. The van der Waals surface area contributed by atoms with Gasteiger partial charge in [-0.05, 0) is 25.1 Å². The van der Waals surface area contributed by atoms with E-state index >= 15 is 0 Å². The Morgan fingerprint density at radius 2 is 2.19 bits per heavy atom. The molecule has 1 rings (SSSR count). The molecule has 1 amide bonds. The first-order chi connectivity index (χ1) is 7.45. The van der Waals surface area contributed by atoms with E-state index in [1.54, 1.807) is 20.0 Å². The fourth-order valence-corrected chi connectivity index (χ4v) is 1.67. The summed E-state index contributed by atoms with van der Waals surface area (Å²) in [5.74, 6) is -0.787. The third kappa shape index (κ3) is 3.02. The number of aliphatic hydroxyl groups is 1. The molecule has 1 atom stereocenters. The fourth-order valence-electron chi connectivity index (χ4n) is 1.20. The number of hydrogen-bond donors (Lipinski definition) is 1. The first kappa shape index (κ1) is 13.1. The van der Waals surface area contributed by atoms with Crippen LogP contribution < -0.4 is 0 Å². The first-order valence-electron chi connectivity index (χ1n) is 4.79. The lowest BCUT2D eigenvalue weighted by molar-refractivity contribution is 0.0681. The zero-order chi connectivity index (χ0) is 12.3. The summed E-state index contributed by atoms with van der Waals surface area (Å²) in [6.45, 7) is 1.59. The molecule has 0 radical (unpaired) electrons. The van der Waals surface area contributed by atoms with E-state index < -0.39 is 5.82 Å². The van der Waals surface area contributed by atoms with Gasteiger partial charge in [0, 0.05) is 17.1 Å². The average Bonchev–Trinajstić information content (AvgIpc) is 2.24. The molecule has 5 heteroatoms. The first-order valence-corrected chi connectivity index (χ1v) is 5.59. The minimum absolute atomic E-state index is 0.126. The molecular weight excluding hydrogens is 277 g/mol. The van der Waals surface area contributed by atoms with Crippen molar-refractivity contribution in [2.75, 3.05) is 13.7 Å². The van der Waals surface area contributed by atoms with Crippen LogP contribution in [0, 0.1) is 5.82 Å². The molecule has 3 nitrogen and oxygen atoms in total. The molecule has 16 heavy (non-hydrogen) atoms. The molecule has 0 saturated carbocycles. The molecule has 0 saturated heterocycles. The zero-order valence-corrected chi connectivity index (χ0v) is 10.7. The van der Waals surface area contributed by atoms with Gasteiger partial charge >= 0.3 is 0 Å².